The molecule has 7 nitrogen and oxygen atoms in total. The lowest BCUT2D eigenvalue weighted by atomic mass is 10.1. The van der Waals surface area contributed by atoms with Crippen molar-refractivity contribution in [1.82, 2.24) is 4.72 Å². The number of esters is 1. The molecular formula is C23H36N2O5S. The van der Waals surface area contributed by atoms with Crippen LogP contribution in [0.25, 0.3) is 6.08 Å². The van der Waals surface area contributed by atoms with Gasteiger partial charge >= 0.3 is 5.97 Å². The fourth-order valence-corrected chi connectivity index (χ4v) is 3.14. The van der Waals surface area contributed by atoms with Crippen molar-refractivity contribution in [2.75, 3.05) is 18.5 Å². The maximum Gasteiger partial charge on any atom is 0.330 e. The van der Waals surface area contributed by atoms with Crippen LogP contribution in [0, 0.1) is 5.92 Å². The topological polar surface area (TPSA) is 102 Å². The zero-order valence-corrected chi connectivity index (χ0v) is 20.1. The third kappa shape index (κ3) is 10.6. The molecule has 0 aliphatic carbocycles. The Bertz CT molecular complexity index is 840. The Morgan fingerprint density at radius 2 is 1.77 bits per heavy atom. The van der Waals surface area contributed by atoms with Crippen LogP contribution in [0.15, 0.2) is 30.3 Å². The average molecular weight is 453 g/mol. The van der Waals surface area contributed by atoms with E-state index in [9.17, 15) is 18.0 Å². The average Bonchev–Trinajstić information content (AvgIpc) is 2.70. The summed E-state index contributed by atoms with van der Waals surface area (Å²) in [4.78, 5) is 23.8. The first-order valence-electron chi connectivity index (χ1n) is 10.7. The van der Waals surface area contributed by atoms with E-state index in [0.717, 1.165) is 12.0 Å². The molecule has 31 heavy (non-hydrogen) atoms. The van der Waals surface area contributed by atoms with Crippen molar-refractivity contribution in [3.8, 4) is 0 Å². The van der Waals surface area contributed by atoms with E-state index < -0.39 is 14.8 Å². The summed E-state index contributed by atoms with van der Waals surface area (Å²) < 4.78 is 30.8. The molecular weight excluding hydrogens is 416 g/mol. The molecule has 1 rings (SSSR count). The first-order valence-corrected chi connectivity index (χ1v) is 12.2. The molecule has 8 heteroatoms. The maximum atomic E-state index is 12.1. The van der Waals surface area contributed by atoms with Gasteiger partial charge in [-0.3, -0.25) is 4.79 Å². The Hall–Kier alpha value is -2.19. The summed E-state index contributed by atoms with van der Waals surface area (Å²) in [5, 5.41) is 2.81. The van der Waals surface area contributed by atoms with Gasteiger partial charge in [0.15, 0.2) is 0 Å². The Kier molecular flexibility index (Phi) is 10.9. The van der Waals surface area contributed by atoms with Crippen LogP contribution in [0.1, 0.15) is 65.9 Å². The van der Waals surface area contributed by atoms with Gasteiger partial charge in [0.1, 0.15) is 0 Å². The molecule has 1 aromatic carbocycles. The van der Waals surface area contributed by atoms with Crippen LogP contribution in [-0.2, 0) is 24.3 Å². The van der Waals surface area contributed by atoms with E-state index in [1.807, 2.05) is 13.8 Å². The van der Waals surface area contributed by atoms with E-state index >= 15 is 0 Å². The standard InChI is InChI=1S/C23H36N2O5S/c1-6-18(2)17-30-22(27)15-12-19-10-13-20(14-11-19)25-21(26)9-7-8-16-24-31(28,29)23(3,4)5/h10-15,18,24H,6-9,16-17H2,1-5H3,(H,25,26)/b15-12+. The van der Waals surface area contributed by atoms with E-state index in [1.165, 1.54) is 6.08 Å². The lowest BCUT2D eigenvalue weighted by Crippen LogP contribution is -2.39. The van der Waals surface area contributed by atoms with Gasteiger partial charge in [0, 0.05) is 24.7 Å². The Balaban J connectivity index is 2.35. The molecule has 1 amide bonds. The van der Waals surface area contributed by atoms with E-state index in [-0.39, 0.29) is 11.9 Å². The molecule has 1 atom stereocenters. The molecule has 1 aromatic rings. The van der Waals surface area contributed by atoms with Crippen molar-refractivity contribution >= 4 is 33.7 Å². The number of anilines is 1. The monoisotopic (exact) mass is 452 g/mol. The summed E-state index contributed by atoms with van der Waals surface area (Å²) in [6.45, 7) is 9.72. The van der Waals surface area contributed by atoms with E-state index in [4.69, 9.17) is 4.74 Å². The molecule has 0 saturated carbocycles. The second-order valence-corrected chi connectivity index (χ2v) is 11.1. The summed E-state index contributed by atoms with van der Waals surface area (Å²) in [6.07, 6.45) is 5.49. The first kappa shape index (κ1) is 26.8. The molecule has 2 N–H and O–H groups in total. The number of nitrogens with one attached hydrogen (secondary N) is 2. The van der Waals surface area contributed by atoms with Crippen molar-refractivity contribution in [2.45, 2.75) is 65.0 Å². The van der Waals surface area contributed by atoms with E-state index in [1.54, 1.807) is 51.1 Å². The highest BCUT2D eigenvalue weighted by molar-refractivity contribution is 7.90. The zero-order chi connectivity index (χ0) is 23.5. The predicted molar refractivity (Wildman–Crippen MR) is 125 cm³/mol. The predicted octanol–water partition coefficient (Wildman–Crippen LogP) is 4.12. The quantitative estimate of drug-likeness (QED) is 0.282. The van der Waals surface area contributed by atoms with E-state index in [0.29, 0.717) is 44.0 Å². The van der Waals surface area contributed by atoms with Crippen molar-refractivity contribution in [2.24, 2.45) is 5.92 Å². The number of carbonyl (C=O) groups is 2. The lowest BCUT2D eigenvalue weighted by molar-refractivity contribution is -0.138. The fraction of sp³-hybridized carbons (Fsp3) is 0.565. The SMILES string of the molecule is CCC(C)COC(=O)/C=C/c1ccc(NC(=O)CCCCNS(=O)(=O)C(C)(C)C)cc1. The molecule has 0 bridgehead atoms. The number of rotatable bonds is 12. The fourth-order valence-electron chi connectivity index (χ4n) is 2.29. The highest BCUT2D eigenvalue weighted by Gasteiger charge is 2.27. The molecule has 0 fully saturated rings. The van der Waals surface area contributed by atoms with Crippen molar-refractivity contribution in [3.05, 3.63) is 35.9 Å². The van der Waals surface area contributed by atoms with Gasteiger partial charge in [0.25, 0.3) is 0 Å². The second-order valence-electron chi connectivity index (χ2n) is 8.61. The van der Waals surface area contributed by atoms with Gasteiger partial charge < -0.3 is 10.1 Å². The Morgan fingerprint density at radius 1 is 1.13 bits per heavy atom. The van der Waals surface area contributed by atoms with Gasteiger partial charge in [-0.15, -0.1) is 0 Å². The van der Waals surface area contributed by atoms with Crippen LogP contribution >= 0.6 is 0 Å². The molecule has 0 heterocycles. The smallest absolute Gasteiger partial charge is 0.330 e. The van der Waals surface area contributed by atoms with Gasteiger partial charge in [-0.1, -0.05) is 32.4 Å². The highest BCUT2D eigenvalue weighted by Crippen LogP contribution is 2.14. The molecule has 0 saturated heterocycles. The summed E-state index contributed by atoms with van der Waals surface area (Å²) in [7, 11) is -3.35. The summed E-state index contributed by atoms with van der Waals surface area (Å²) >= 11 is 0. The van der Waals surface area contributed by atoms with Gasteiger partial charge in [0.05, 0.1) is 11.4 Å². The van der Waals surface area contributed by atoms with Crippen LogP contribution in [-0.4, -0.2) is 38.2 Å². The third-order valence-corrected chi connectivity index (χ3v) is 6.94. The number of hydrogen-bond acceptors (Lipinski definition) is 5. The molecule has 1 unspecified atom stereocenters. The van der Waals surface area contributed by atoms with Gasteiger partial charge in [0.2, 0.25) is 15.9 Å². The third-order valence-electron chi connectivity index (χ3n) is 4.74. The Labute approximate surface area is 186 Å². The minimum Gasteiger partial charge on any atom is -0.462 e. The highest BCUT2D eigenvalue weighted by atomic mass is 32.2. The number of carbonyl (C=O) groups excluding carboxylic acids is 2. The molecule has 174 valence electrons. The number of hydrogen-bond donors (Lipinski definition) is 2. The minimum absolute atomic E-state index is 0.129. The normalized spacial score (nSPS) is 13.2. The van der Waals surface area contributed by atoms with Crippen LogP contribution in [0.3, 0.4) is 0 Å². The number of ether oxygens (including phenoxy) is 1. The molecule has 0 spiro atoms. The van der Waals surface area contributed by atoms with E-state index in [2.05, 4.69) is 10.0 Å². The summed E-state index contributed by atoms with van der Waals surface area (Å²) in [5.74, 6) is -0.161. The second kappa shape index (κ2) is 12.6. The maximum absolute atomic E-state index is 12.1. The van der Waals surface area contributed by atoms with Crippen molar-refractivity contribution in [3.63, 3.8) is 0 Å². The molecule has 0 radical (unpaired) electrons. The minimum atomic E-state index is -3.35. The number of unbranched alkanes of at least 4 members (excludes halogenated alkanes) is 1. The molecule has 0 aromatic heterocycles. The largest absolute Gasteiger partial charge is 0.462 e. The van der Waals surface area contributed by atoms with Crippen molar-refractivity contribution < 1.29 is 22.7 Å². The zero-order valence-electron chi connectivity index (χ0n) is 19.2. The lowest BCUT2D eigenvalue weighted by Gasteiger charge is -2.19. The van der Waals surface area contributed by atoms with Gasteiger partial charge in [-0.2, -0.15) is 0 Å². The summed E-state index contributed by atoms with van der Waals surface area (Å²) in [6, 6.07) is 7.13. The first-order chi connectivity index (χ1) is 14.4. The van der Waals surface area contributed by atoms with Crippen LogP contribution < -0.4 is 10.0 Å². The number of benzene rings is 1. The van der Waals surface area contributed by atoms with Gasteiger partial charge in [-0.05, 0) is 63.3 Å². The number of sulfonamides is 1. The van der Waals surface area contributed by atoms with Crippen LogP contribution in [0.4, 0.5) is 5.69 Å². The molecule has 0 aliphatic rings. The summed E-state index contributed by atoms with van der Waals surface area (Å²) in [5.41, 5.74) is 1.49. The number of amides is 1. The Morgan fingerprint density at radius 3 is 2.35 bits per heavy atom. The molecule has 0 aliphatic heterocycles. The van der Waals surface area contributed by atoms with Crippen molar-refractivity contribution in [1.29, 1.82) is 0 Å². The van der Waals surface area contributed by atoms with Crippen LogP contribution in [0.5, 0.6) is 0 Å². The van der Waals surface area contributed by atoms with Crippen LogP contribution in [0.2, 0.25) is 0 Å². The van der Waals surface area contributed by atoms with Gasteiger partial charge in [-0.25, -0.2) is 17.9 Å².